The van der Waals surface area contributed by atoms with Gasteiger partial charge in [0.1, 0.15) is 0 Å². The normalized spacial score (nSPS) is 15.5. The van der Waals surface area contributed by atoms with Gasteiger partial charge in [-0.05, 0) is 58.3 Å². The Morgan fingerprint density at radius 1 is 1.21 bits per heavy atom. The van der Waals surface area contributed by atoms with Gasteiger partial charge in [0.05, 0.1) is 21.8 Å². The molecule has 162 valence electrons. The number of hydrogen-bond acceptors (Lipinski definition) is 4. The standard InChI is InChI=1S/C21H31Cl2N3O3/c1-15(2)29-14-4-10-24-21(28)16-7-11-26(12-8-16)13-9-19(27)25-20-17(22)5-3-6-18(20)23/h3,5-6,15-16H,4,7-14H2,1-2H3,(H,24,28)(H,25,27). The molecule has 2 N–H and O–H groups in total. The van der Waals surface area contributed by atoms with Crippen LogP contribution in [0.15, 0.2) is 18.2 Å². The fourth-order valence-electron chi connectivity index (χ4n) is 3.24. The van der Waals surface area contributed by atoms with Crippen LogP contribution in [0.4, 0.5) is 5.69 Å². The third-order valence-corrected chi connectivity index (χ3v) is 5.54. The summed E-state index contributed by atoms with van der Waals surface area (Å²) in [5.41, 5.74) is 0.454. The number of para-hydroxylation sites is 1. The number of carbonyl (C=O) groups is 2. The molecular weight excluding hydrogens is 413 g/mol. The summed E-state index contributed by atoms with van der Waals surface area (Å²) in [4.78, 5) is 26.7. The molecule has 0 bridgehead atoms. The average molecular weight is 444 g/mol. The van der Waals surface area contributed by atoms with Gasteiger partial charge in [-0.25, -0.2) is 0 Å². The first-order chi connectivity index (χ1) is 13.9. The van der Waals surface area contributed by atoms with Gasteiger partial charge < -0.3 is 20.3 Å². The second-order valence-electron chi connectivity index (χ2n) is 7.57. The van der Waals surface area contributed by atoms with E-state index in [9.17, 15) is 9.59 Å². The number of benzene rings is 1. The summed E-state index contributed by atoms with van der Waals surface area (Å²) >= 11 is 12.2. The van der Waals surface area contributed by atoms with E-state index in [4.69, 9.17) is 27.9 Å². The van der Waals surface area contributed by atoms with Crippen LogP contribution in [-0.4, -0.2) is 55.6 Å². The lowest BCUT2D eigenvalue weighted by Gasteiger charge is -2.31. The molecule has 0 spiro atoms. The molecule has 1 fully saturated rings. The Labute approximate surface area is 183 Å². The van der Waals surface area contributed by atoms with Crippen molar-refractivity contribution in [1.29, 1.82) is 0 Å². The molecule has 1 aromatic carbocycles. The highest BCUT2D eigenvalue weighted by Gasteiger charge is 2.25. The molecule has 2 rings (SSSR count). The highest BCUT2D eigenvalue weighted by atomic mass is 35.5. The third kappa shape index (κ3) is 8.51. The maximum absolute atomic E-state index is 12.3. The molecular formula is C21H31Cl2N3O3. The van der Waals surface area contributed by atoms with Gasteiger partial charge in [-0.2, -0.15) is 0 Å². The summed E-state index contributed by atoms with van der Waals surface area (Å²) < 4.78 is 5.47. The minimum atomic E-state index is -0.122. The van der Waals surface area contributed by atoms with E-state index in [0.717, 1.165) is 32.4 Å². The van der Waals surface area contributed by atoms with Crippen molar-refractivity contribution >= 4 is 40.7 Å². The molecule has 29 heavy (non-hydrogen) atoms. The summed E-state index contributed by atoms with van der Waals surface area (Å²) in [6.07, 6.45) is 3.03. The van der Waals surface area contributed by atoms with Crippen molar-refractivity contribution in [2.75, 3.05) is 38.1 Å². The van der Waals surface area contributed by atoms with Crippen molar-refractivity contribution in [3.63, 3.8) is 0 Å². The Bertz CT molecular complexity index is 657. The summed E-state index contributed by atoms with van der Waals surface area (Å²) in [6.45, 7) is 7.59. The van der Waals surface area contributed by atoms with Gasteiger partial charge >= 0.3 is 0 Å². The van der Waals surface area contributed by atoms with Crippen LogP contribution in [-0.2, 0) is 14.3 Å². The number of likely N-dealkylation sites (tertiary alicyclic amines) is 1. The fraction of sp³-hybridized carbons (Fsp3) is 0.619. The smallest absolute Gasteiger partial charge is 0.225 e. The average Bonchev–Trinajstić information content (AvgIpc) is 2.69. The number of hydrogen-bond donors (Lipinski definition) is 2. The molecule has 0 unspecified atom stereocenters. The molecule has 0 aliphatic carbocycles. The molecule has 0 radical (unpaired) electrons. The second kappa shape index (κ2) is 12.4. The largest absolute Gasteiger partial charge is 0.379 e. The first-order valence-electron chi connectivity index (χ1n) is 10.2. The first kappa shape index (κ1) is 23.9. The van der Waals surface area contributed by atoms with Crippen LogP contribution in [0.25, 0.3) is 0 Å². The highest BCUT2D eigenvalue weighted by molar-refractivity contribution is 6.39. The summed E-state index contributed by atoms with van der Waals surface area (Å²) in [7, 11) is 0. The number of piperidine rings is 1. The van der Waals surface area contributed by atoms with Crippen molar-refractivity contribution in [1.82, 2.24) is 10.2 Å². The van der Waals surface area contributed by atoms with E-state index in [-0.39, 0.29) is 23.8 Å². The Balaban J connectivity index is 1.63. The molecule has 1 aromatic rings. The molecule has 1 aliphatic rings. The van der Waals surface area contributed by atoms with Gasteiger partial charge in [0.15, 0.2) is 0 Å². The Morgan fingerprint density at radius 3 is 2.48 bits per heavy atom. The minimum absolute atomic E-state index is 0.0491. The van der Waals surface area contributed by atoms with E-state index in [1.807, 2.05) is 13.8 Å². The zero-order valence-corrected chi connectivity index (χ0v) is 18.7. The highest BCUT2D eigenvalue weighted by Crippen LogP contribution is 2.29. The van der Waals surface area contributed by atoms with E-state index >= 15 is 0 Å². The number of nitrogens with one attached hydrogen (secondary N) is 2. The monoisotopic (exact) mass is 443 g/mol. The van der Waals surface area contributed by atoms with Gasteiger partial charge in [-0.1, -0.05) is 29.3 Å². The molecule has 0 saturated carbocycles. The zero-order chi connectivity index (χ0) is 21.2. The predicted octanol–water partition coefficient (Wildman–Crippen LogP) is 3.97. The summed E-state index contributed by atoms with van der Waals surface area (Å²) in [5.74, 6) is 0.0526. The number of carbonyl (C=O) groups excluding carboxylic acids is 2. The molecule has 1 saturated heterocycles. The zero-order valence-electron chi connectivity index (χ0n) is 17.2. The number of ether oxygens (including phenoxy) is 1. The van der Waals surface area contributed by atoms with E-state index in [1.54, 1.807) is 18.2 Å². The van der Waals surface area contributed by atoms with E-state index < -0.39 is 0 Å². The quantitative estimate of drug-likeness (QED) is 0.536. The van der Waals surface area contributed by atoms with Crippen LogP contribution in [0.1, 0.15) is 39.5 Å². The fourth-order valence-corrected chi connectivity index (χ4v) is 3.74. The maximum atomic E-state index is 12.3. The van der Waals surface area contributed by atoms with Gasteiger partial charge in [0.25, 0.3) is 0 Å². The maximum Gasteiger partial charge on any atom is 0.225 e. The van der Waals surface area contributed by atoms with Crippen LogP contribution < -0.4 is 10.6 Å². The minimum Gasteiger partial charge on any atom is -0.379 e. The van der Waals surface area contributed by atoms with Crippen molar-refractivity contribution in [3.8, 4) is 0 Å². The lowest BCUT2D eigenvalue weighted by molar-refractivity contribution is -0.126. The molecule has 1 aliphatic heterocycles. The molecule has 0 atom stereocenters. The predicted molar refractivity (Wildman–Crippen MR) is 118 cm³/mol. The summed E-state index contributed by atoms with van der Waals surface area (Å²) in [6, 6.07) is 5.12. The number of amides is 2. The molecule has 0 aromatic heterocycles. The van der Waals surface area contributed by atoms with E-state index in [2.05, 4.69) is 15.5 Å². The number of nitrogens with zero attached hydrogens (tertiary/aromatic N) is 1. The van der Waals surface area contributed by atoms with Crippen LogP contribution in [0.2, 0.25) is 10.0 Å². The van der Waals surface area contributed by atoms with Crippen molar-refractivity contribution in [3.05, 3.63) is 28.2 Å². The Morgan fingerprint density at radius 2 is 1.86 bits per heavy atom. The molecule has 2 amide bonds. The van der Waals surface area contributed by atoms with Gasteiger partial charge in [-0.15, -0.1) is 0 Å². The molecule has 1 heterocycles. The van der Waals surface area contributed by atoms with Crippen molar-refractivity contribution < 1.29 is 14.3 Å². The van der Waals surface area contributed by atoms with E-state index in [0.29, 0.717) is 41.8 Å². The second-order valence-corrected chi connectivity index (χ2v) is 8.39. The first-order valence-corrected chi connectivity index (χ1v) is 11.0. The van der Waals surface area contributed by atoms with Crippen LogP contribution in [0.5, 0.6) is 0 Å². The number of anilines is 1. The summed E-state index contributed by atoms with van der Waals surface area (Å²) in [5, 5.41) is 6.63. The van der Waals surface area contributed by atoms with Gasteiger partial charge in [0.2, 0.25) is 11.8 Å². The van der Waals surface area contributed by atoms with Crippen LogP contribution in [0.3, 0.4) is 0 Å². The topological polar surface area (TPSA) is 70.7 Å². The Hall–Kier alpha value is -1.34. The van der Waals surface area contributed by atoms with E-state index in [1.165, 1.54) is 0 Å². The third-order valence-electron chi connectivity index (χ3n) is 4.91. The van der Waals surface area contributed by atoms with Crippen LogP contribution in [0, 0.1) is 5.92 Å². The van der Waals surface area contributed by atoms with Crippen molar-refractivity contribution in [2.24, 2.45) is 5.92 Å². The molecule has 6 nitrogen and oxygen atoms in total. The van der Waals surface area contributed by atoms with Gasteiger partial charge in [0, 0.05) is 32.0 Å². The number of halogens is 2. The molecule has 8 heteroatoms. The SMILES string of the molecule is CC(C)OCCCNC(=O)C1CCN(CCC(=O)Nc2c(Cl)cccc2Cl)CC1. The van der Waals surface area contributed by atoms with Gasteiger partial charge in [-0.3, -0.25) is 9.59 Å². The number of rotatable bonds is 10. The lowest BCUT2D eigenvalue weighted by atomic mass is 9.96. The Kier molecular flexibility index (Phi) is 10.2. The van der Waals surface area contributed by atoms with Crippen LogP contribution >= 0.6 is 23.2 Å². The van der Waals surface area contributed by atoms with Crippen molar-refractivity contribution in [2.45, 2.75) is 45.6 Å². The lowest BCUT2D eigenvalue weighted by Crippen LogP contribution is -2.41.